The van der Waals surface area contributed by atoms with E-state index in [9.17, 15) is 5.11 Å². The van der Waals surface area contributed by atoms with Crippen LogP contribution in [0, 0.1) is 13.8 Å². The number of hydrogen-bond acceptors (Lipinski definition) is 7. The molecule has 3 aromatic heterocycles. The van der Waals surface area contributed by atoms with Crippen molar-refractivity contribution in [1.29, 1.82) is 0 Å². The number of rotatable bonds is 4. The second-order valence-corrected chi connectivity index (χ2v) is 6.52. The smallest absolute Gasteiger partial charge is 0.246 e. The lowest BCUT2D eigenvalue weighted by molar-refractivity contribution is 0.184. The van der Waals surface area contributed by atoms with Crippen LogP contribution in [0.2, 0.25) is 0 Å². The third-order valence-electron chi connectivity index (χ3n) is 4.65. The van der Waals surface area contributed by atoms with Crippen molar-refractivity contribution in [3.8, 4) is 0 Å². The highest BCUT2D eigenvalue weighted by atomic mass is 16.3. The monoisotopic (exact) mass is 342 g/mol. The van der Waals surface area contributed by atoms with Gasteiger partial charge in [0.25, 0.3) is 0 Å². The van der Waals surface area contributed by atoms with Gasteiger partial charge in [-0.1, -0.05) is 0 Å². The summed E-state index contributed by atoms with van der Waals surface area (Å²) in [6.45, 7) is 4.70. The highest BCUT2D eigenvalue weighted by Gasteiger charge is 2.26. The number of aryl methyl sites for hydroxylation is 5. The lowest BCUT2D eigenvalue weighted by atomic mass is 10.3. The van der Waals surface area contributed by atoms with Crippen LogP contribution in [0.4, 0.5) is 5.95 Å². The van der Waals surface area contributed by atoms with E-state index in [0.717, 1.165) is 48.1 Å². The first-order chi connectivity index (χ1) is 12.0. The summed E-state index contributed by atoms with van der Waals surface area (Å²) in [6.07, 6.45) is 4.42. The molecule has 25 heavy (non-hydrogen) atoms. The lowest BCUT2D eigenvalue weighted by Gasteiger charge is -2.17. The summed E-state index contributed by atoms with van der Waals surface area (Å²) in [7, 11) is 1.88. The van der Waals surface area contributed by atoms with Crippen molar-refractivity contribution in [2.75, 3.05) is 11.4 Å². The van der Waals surface area contributed by atoms with Crippen LogP contribution in [0.1, 0.15) is 35.9 Å². The molecule has 3 aromatic rings. The average Bonchev–Trinajstić information content (AvgIpc) is 3.28. The second kappa shape index (κ2) is 6.07. The Morgan fingerprint density at radius 3 is 2.76 bits per heavy atom. The van der Waals surface area contributed by atoms with E-state index < -0.39 is 6.23 Å². The first kappa shape index (κ1) is 15.9. The quantitative estimate of drug-likeness (QED) is 0.740. The summed E-state index contributed by atoms with van der Waals surface area (Å²) < 4.78 is 3.61. The van der Waals surface area contributed by atoms with Gasteiger partial charge < -0.3 is 10.0 Å². The summed E-state index contributed by atoms with van der Waals surface area (Å²) in [4.78, 5) is 15.4. The molecule has 1 unspecified atom stereocenters. The molecule has 0 aromatic carbocycles. The van der Waals surface area contributed by atoms with Crippen LogP contribution < -0.4 is 4.90 Å². The predicted octanol–water partition coefficient (Wildman–Crippen LogP) is 0.573. The van der Waals surface area contributed by atoms with Crippen LogP contribution in [0.5, 0.6) is 0 Å². The molecule has 132 valence electrons. The molecule has 0 amide bonds. The number of hydrogen-bond donors (Lipinski definition) is 1. The van der Waals surface area contributed by atoms with Crippen LogP contribution in [0.25, 0.3) is 5.65 Å². The average molecular weight is 342 g/mol. The minimum Gasteiger partial charge on any atom is -0.374 e. The minimum absolute atomic E-state index is 0.478. The number of aromatic nitrogens is 7. The van der Waals surface area contributed by atoms with Gasteiger partial charge in [0.15, 0.2) is 11.5 Å². The maximum Gasteiger partial charge on any atom is 0.246 e. The van der Waals surface area contributed by atoms with Gasteiger partial charge in [0.1, 0.15) is 12.1 Å². The van der Waals surface area contributed by atoms with Crippen molar-refractivity contribution < 1.29 is 5.11 Å². The van der Waals surface area contributed by atoms with E-state index in [1.165, 1.54) is 0 Å². The number of aliphatic hydroxyl groups excluding tert-OH is 1. The molecule has 1 aliphatic rings. The molecule has 1 atom stereocenters. The van der Waals surface area contributed by atoms with Crippen molar-refractivity contribution in [2.45, 2.75) is 45.8 Å². The lowest BCUT2D eigenvalue weighted by Crippen LogP contribution is -2.29. The zero-order valence-electron chi connectivity index (χ0n) is 14.7. The standard InChI is InChI=1S/C16H22N8O/c1-10-9-17-11(2)15-18-12(20-24(10)15)6-7-13-19-16(21-22(13)3)23-8-4-5-14(23)25/h9,14,25H,4-8H2,1-3H3. The fourth-order valence-corrected chi connectivity index (χ4v) is 3.19. The van der Waals surface area contributed by atoms with Gasteiger partial charge in [-0.2, -0.15) is 10.1 Å². The predicted molar refractivity (Wildman–Crippen MR) is 91.3 cm³/mol. The van der Waals surface area contributed by atoms with E-state index in [1.807, 2.05) is 30.3 Å². The molecule has 0 radical (unpaired) electrons. The Labute approximate surface area is 145 Å². The summed E-state index contributed by atoms with van der Waals surface area (Å²) in [5.74, 6) is 2.23. The number of fused-ring (bicyclic) bond motifs is 1. The Bertz CT molecular complexity index is 875. The molecule has 0 saturated carbocycles. The van der Waals surface area contributed by atoms with Gasteiger partial charge >= 0.3 is 0 Å². The van der Waals surface area contributed by atoms with Gasteiger partial charge in [0.2, 0.25) is 5.95 Å². The fourth-order valence-electron chi connectivity index (χ4n) is 3.19. The highest BCUT2D eigenvalue weighted by Crippen LogP contribution is 2.21. The molecular weight excluding hydrogens is 320 g/mol. The second-order valence-electron chi connectivity index (χ2n) is 6.52. The van der Waals surface area contributed by atoms with Gasteiger partial charge in [-0.3, -0.25) is 9.67 Å². The summed E-state index contributed by atoms with van der Waals surface area (Å²) in [6, 6.07) is 0. The normalized spacial score (nSPS) is 17.8. The third kappa shape index (κ3) is 2.84. The van der Waals surface area contributed by atoms with E-state index in [1.54, 1.807) is 10.9 Å². The number of nitrogens with zero attached hydrogens (tertiary/aromatic N) is 8. The Balaban J connectivity index is 1.53. The topological polar surface area (TPSA) is 97.3 Å². The van der Waals surface area contributed by atoms with Gasteiger partial charge in [0.05, 0.1) is 11.4 Å². The van der Waals surface area contributed by atoms with E-state index in [-0.39, 0.29) is 0 Å². The minimum atomic E-state index is -0.478. The SMILES string of the molecule is Cc1ncc(C)n2nc(CCc3nc(N4CCCC4O)nn3C)nc12. The number of anilines is 1. The first-order valence-corrected chi connectivity index (χ1v) is 8.55. The molecule has 0 aliphatic carbocycles. The summed E-state index contributed by atoms with van der Waals surface area (Å²) in [5, 5.41) is 19.0. The van der Waals surface area contributed by atoms with Gasteiger partial charge in [-0.05, 0) is 26.7 Å². The molecule has 1 aliphatic heterocycles. The maximum absolute atomic E-state index is 9.99. The Kier molecular flexibility index (Phi) is 3.87. The van der Waals surface area contributed by atoms with E-state index in [4.69, 9.17) is 0 Å². The van der Waals surface area contributed by atoms with Crippen molar-refractivity contribution in [3.05, 3.63) is 29.2 Å². The Morgan fingerprint density at radius 2 is 2.04 bits per heavy atom. The molecule has 4 rings (SSSR count). The largest absolute Gasteiger partial charge is 0.374 e. The van der Waals surface area contributed by atoms with Crippen LogP contribution in [-0.2, 0) is 19.9 Å². The van der Waals surface area contributed by atoms with E-state index in [2.05, 4.69) is 25.1 Å². The molecule has 1 N–H and O–H groups in total. The molecule has 1 saturated heterocycles. The van der Waals surface area contributed by atoms with Crippen molar-refractivity contribution in [1.82, 2.24) is 34.3 Å². The van der Waals surface area contributed by atoms with E-state index in [0.29, 0.717) is 18.8 Å². The van der Waals surface area contributed by atoms with Crippen molar-refractivity contribution in [3.63, 3.8) is 0 Å². The fraction of sp³-hybridized carbons (Fsp3) is 0.562. The molecule has 0 spiro atoms. The van der Waals surface area contributed by atoms with Gasteiger partial charge in [-0.25, -0.2) is 9.50 Å². The molecular formula is C16H22N8O. The molecule has 9 heteroatoms. The van der Waals surface area contributed by atoms with Crippen LogP contribution in [0.15, 0.2) is 6.20 Å². The maximum atomic E-state index is 9.99. The first-order valence-electron chi connectivity index (χ1n) is 8.55. The van der Waals surface area contributed by atoms with Crippen molar-refractivity contribution in [2.24, 2.45) is 7.05 Å². The molecule has 9 nitrogen and oxygen atoms in total. The van der Waals surface area contributed by atoms with Crippen LogP contribution >= 0.6 is 0 Å². The Morgan fingerprint density at radius 1 is 1.20 bits per heavy atom. The molecule has 1 fully saturated rings. The molecule has 4 heterocycles. The van der Waals surface area contributed by atoms with E-state index >= 15 is 0 Å². The van der Waals surface area contributed by atoms with Gasteiger partial charge in [-0.15, -0.1) is 5.10 Å². The summed E-state index contributed by atoms with van der Waals surface area (Å²) >= 11 is 0. The summed E-state index contributed by atoms with van der Waals surface area (Å²) in [5.41, 5.74) is 2.63. The third-order valence-corrected chi connectivity index (χ3v) is 4.65. The Hall–Kier alpha value is -2.55. The number of aliphatic hydroxyl groups is 1. The molecule has 0 bridgehead atoms. The van der Waals surface area contributed by atoms with Crippen molar-refractivity contribution >= 4 is 11.6 Å². The zero-order valence-corrected chi connectivity index (χ0v) is 14.7. The zero-order chi connectivity index (χ0) is 17.6. The van der Waals surface area contributed by atoms with Crippen LogP contribution in [0.3, 0.4) is 0 Å². The highest BCUT2D eigenvalue weighted by molar-refractivity contribution is 5.43. The van der Waals surface area contributed by atoms with Gasteiger partial charge in [0, 0.05) is 32.6 Å². The van der Waals surface area contributed by atoms with Crippen LogP contribution in [-0.4, -0.2) is 52.2 Å².